The predicted octanol–water partition coefficient (Wildman–Crippen LogP) is 3.99. The van der Waals surface area contributed by atoms with Crippen molar-refractivity contribution in [2.24, 2.45) is 5.92 Å². The molecule has 1 saturated heterocycles. The van der Waals surface area contributed by atoms with Crippen molar-refractivity contribution in [2.45, 2.75) is 25.4 Å². The van der Waals surface area contributed by atoms with E-state index >= 15 is 0 Å². The zero-order valence-corrected chi connectivity index (χ0v) is 18.3. The van der Waals surface area contributed by atoms with Gasteiger partial charge in [-0.25, -0.2) is 9.97 Å². The summed E-state index contributed by atoms with van der Waals surface area (Å²) in [6, 6.07) is 18.4. The highest BCUT2D eigenvalue weighted by atomic mass is 16.1. The van der Waals surface area contributed by atoms with Crippen molar-refractivity contribution in [1.29, 1.82) is 0 Å². The summed E-state index contributed by atoms with van der Waals surface area (Å²) < 4.78 is 2.00. The van der Waals surface area contributed by atoms with E-state index in [4.69, 9.17) is 0 Å². The third-order valence-electron chi connectivity index (χ3n) is 6.86. The first kappa shape index (κ1) is 20.0. The van der Waals surface area contributed by atoms with Crippen molar-refractivity contribution in [3.63, 3.8) is 0 Å². The van der Waals surface area contributed by atoms with Crippen LogP contribution in [0.3, 0.4) is 0 Å². The maximum atomic E-state index is 12.7. The van der Waals surface area contributed by atoms with Gasteiger partial charge in [0, 0.05) is 79.1 Å². The maximum absolute atomic E-state index is 12.7. The molecular weight excluding hydrogens is 410 g/mol. The Labute approximate surface area is 192 Å². The first-order valence-electron chi connectivity index (χ1n) is 11.5. The number of rotatable bonds is 4. The van der Waals surface area contributed by atoms with E-state index in [0.717, 1.165) is 60.7 Å². The van der Waals surface area contributed by atoms with E-state index < -0.39 is 0 Å². The number of piperidine rings is 1. The topological polar surface area (TPSA) is 63.9 Å². The number of benzene rings is 1. The molecule has 0 spiro atoms. The SMILES string of the molecule is O=c1ccc(-c2cncnc2)c2n1CC1CC2CN(Cc2ccc(-c3ccccn3)cc2)C1. The van der Waals surface area contributed by atoms with E-state index in [-0.39, 0.29) is 5.56 Å². The smallest absolute Gasteiger partial charge is 0.250 e. The summed E-state index contributed by atoms with van der Waals surface area (Å²) >= 11 is 0. The van der Waals surface area contributed by atoms with Crippen molar-refractivity contribution in [3.05, 3.63) is 101 Å². The van der Waals surface area contributed by atoms with E-state index in [1.54, 1.807) is 12.4 Å². The molecule has 33 heavy (non-hydrogen) atoms. The normalized spacial score (nSPS) is 19.8. The molecule has 164 valence electrons. The average Bonchev–Trinajstić information content (AvgIpc) is 2.86. The lowest BCUT2D eigenvalue weighted by molar-refractivity contribution is 0.115. The summed E-state index contributed by atoms with van der Waals surface area (Å²) in [5.41, 5.74) is 6.73. The molecule has 2 unspecified atom stereocenters. The molecule has 2 aliphatic heterocycles. The molecule has 2 bridgehead atoms. The largest absolute Gasteiger partial charge is 0.311 e. The zero-order valence-electron chi connectivity index (χ0n) is 18.3. The molecular formula is C27H25N5O. The summed E-state index contributed by atoms with van der Waals surface area (Å²) in [4.78, 5) is 28.1. The van der Waals surface area contributed by atoms with Gasteiger partial charge in [0.1, 0.15) is 6.33 Å². The second-order valence-corrected chi connectivity index (χ2v) is 9.11. The molecule has 0 amide bonds. The quantitative estimate of drug-likeness (QED) is 0.485. The fourth-order valence-corrected chi connectivity index (χ4v) is 5.50. The van der Waals surface area contributed by atoms with Gasteiger partial charge in [-0.05, 0) is 36.1 Å². The monoisotopic (exact) mass is 435 g/mol. The van der Waals surface area contributed by atoms with Crippen LogP contribution in [0.2, 0.25) is 0 Å². The summed E-state index contributed by atoms with van der Waals surface area (Å²) in [5, 5.41) is 0. The highest BCUT2D eigenvalue weighted by molar-refractivity contribution is 5.65. The van der Waals surface area contributed by atoms with Crippen LogP contribution < -0.4 is 5.56 Å². The average molecular weight is 436 g/mol. The molecule has 2 aliphatic rings. The summed E-state index contributed by atoms with van der Waals surface area (Å²) in [6.45, 7) is 3.66. The Hall–Kier alpha value is -3.64. The Bertz CT molecular complexity index is 1320. The van der Waals surface area contributed by atoms with Crippen LogP contribution >= 0.6 is 0 Å². The van der Waals surface area contributed by atoms with Crippen molar-refractivity contribution < 1.29 is 0 Å². The molecule has 4 aromatic rings. The van der Waals surface area contributed by atoms with E-state index in [0.29, 0.717) is 11.8 Å². The minimum absolute atomic E-state index is 0.0962. The number of pyridine rings is 2. The second kappa shape index (κ2) is 8.37. The summed E-state index contributed by atoms with van der Waals surface area (Å²) in [5.74, 6) is 0.818. The van der Waals surface area contributed by atoms with Gasteiger partial charge in [0.05, 0.1) is 5.69 Å². The maximum Gasteiger partial charge on any atom is 0.250 e. The van der Waals surface area contributed by atoms with Crippen LogP contribution in [0.1, 0.15) is 23.6 Å². The first-order valence-corrected chi connectivity index (χ1v) is 11.5. The fraction of sp³-hybridized carbons (Fsp3) is 0.259. The molecule has 0 saturated carbocycles. The Balaban J connectivity index is 1.26. The minimum Gasteiger partial charge on any atom is -0.311 e. The van der Waals surface area contributed by atoms with Gasteiger partial charge in [0.15, 0.2) is 0 Å². The van der Waals surface area contributed by atoms with Crippen LogP contribution in [0.5, 0.6) is 0 Å². The van der Waals surface area contributed by atoms with Crippen LogP contribution in [-0.4, -0.2) is 37.5 Å². The van der Waals surface area contributed by atoms with Crippen LogP contribution in [0.15, 0.2) is 84.3 Å². The van der Waals surface area contributed by atoms with E-state index in [9.17, 15) is 4.79 Å². The van der Waals surface area contributed by atoms with Crippen molar-refractivity contribution in [3.8, 4) is 22.4 Å². The van der Waals surface area contributed by atoms with Crippen LogP contribution in [0.25, 0.3) is 22.4 Å². The first-order chi connectivity index (χ1) is 16.2. The number of nitrogens with zero attached hydrogens (tertiary/aromatic N) is 5. The predicted molar refractivity (Wildman–Crippen MR) is 128 cm³/mol. The van der Waals surface area contributed by atoms with Gasteiger partial charge in [-0.3, -0.25) is 14.7 Å². The van der Waals surface area contributed by atoms with Gasteiger partial charge in [-0.15, -0.1) is 0 Å². The van der Waals surface area contributed by atoms with Gasteiger partial charge < -0.3 is 4.57 Å². The Morgan fingerprint density at radius 3 is 2.52 bits per heavy atom. The number of hydrogen-bond acceptors (Lipinski definition) is 5. The molecule has 6 heteroatoms. The second-order valence-electron chi connectivity index (χ2n) is 9.11. The van der Waals surface area contributed by atoms with Crippen LogP contribution in [0.4, 0.5) is 0 Å². The zero-order chi connectivity index (χ0) is 22.2. The van der Waals surface area contributed by atoms with Crippen molar-refractivity contribution in [1.82, 2.24) is 24.4 Å². The molecule has 6 nitrogen and oxygen atoms in total. The molecule has 0 N–H and O–H groups in total. The highest BCUT2D eigenvalue weighted by Gasteiger charge is 2.36. The van der Waals surface area contributed by atoms with Gasteiger partial charge in [-0.1, -0.05) is 30.3 Å². The molecule has 0 aliphatic carbocycles. The molecule has 1 fully saturated rings. The van der Waals surface area contributed by atoms with Gasteiger partial charge >= 0.3 is 0 Å². The molecule has 2 atom stereocenters. The third kappa shape index (κ3) is 3.87. The van der Waals surface area contributed by atoms with E-state index in [2.05, 4.69) is 44.1 Å². The van der Waals surface area contributed by atoms with Crippen molar-refractivity contribution >= 4 is 0 Å². The van der Waals surface area contributed by atoms with Crippen LogP contribution in [-0.2, 0) is 13.1 Å². The summed E-state index contributed by atoms with van der Waals surface area (Å²) in [6.07, 6.45) is 8.17. The van der Waals surface area contributed by atoms with E-state index in [1.807, 2.05) is 47.4 Å². The number of fused-ring (bicyclic) bond motifs is 4. The minimum atomic E-state index is 0.0962. The van der Waals surface area contributed by atoms with Gasteiger partial charge in [0.25, 0.3) is 5.56 Å². The molecule has 0 radical (unpaired) electrons. The lowest BCUT2D eigenvalue weighted by atomic mass is 9.80. The molecule has 1 aromatic carbocycles. The van der Waals surface area contributed by atoms with Gasteiger partial charge in [-0.2, -0.15) is 0 Å². The van der Waals surface area contributed by atoms with Gasteiger partial charge in [0.2, 0.25) is 0 Å². The number of aromatic nitrogens is 4. The van der Waals surface area contributed by atoms with E-state index in [1.165, 1.54) is 5.56 Å². The summed E-state index contributed by atoms with van der Waals surface area (Å²) in [7, 11) is 0. The number of likely N-dealkylation sites (tertiary alicyclic amines) is 1. The number of hydrogen-bond donors (Lipinski definition) is 0. The lowest BCUT2D eigenvalue weighted by Gasteiger charge is -2.43. The molecule has 6 rings (SSSR count). The molecule has 3 aromatic heterocycles. The standard InChI is InChI=1S/C27H25N5O/c33-26-9-8-24(23-12-28-18-29-13-23)27-22-11-20(16-32(26)27)15-31(17-22)14-19-4-6-21(7-5-19)25-3-1-2-10-30-25/h1-10,12-13,18,20,22H,11,14-17H2. The molecule has 5 heterocycles. The van der Waals surface area contributed by atoms with Crippen LogP contribution in [0, 0.1) is 5.92 Å². The highest BCUT2D eigenvalue weighted by Crippen LogP contribution is 2.40. The Kier molecular flexibility index (Phi) is 5.07. The third-order valence-corrected chi connectivity index (χ3v) is 6.86. The Morgan fingerprint density at radius 2 is 1.73 bits per heavy atom. The lowest BCUT2D eigenvalue weighted by Crippen LogP contribution is -2.47. The Morgan fingerprint density at radius 1 is 0.879 bits per heavy atom. The fourth-order valence-electron chi connectivity index (χ4n) is 5.50. The van der Waals surface area contributed by atoms with Crippen molar-refractivity contribution in [2.75, 3.05) is 13.1 Å².